The minimum Gasteiger partial charge on any atom is -0.336 e. The highest BCUT2D eigenvalue weighted by Gasteiger charge is 2.30. The number of hydrogen-bond acceptors (Lipinski definition) is 5. The third-order valence-electron chi connectivity index (χ3n) is 4.16. The molecule has 1 amide bonds. The summed E-state index contributed by atoms with van der Waals surface area (Å²) >= 11 is 0. The van der Waals surface area contributed by atoms with Gasteiger partial charge >= 0.3 is 6.18 Å². The summed E-state index contributed by atoms with van der Waals surface area (Å²) in [6.45, 7) is 2.95. The first-order chi connectivity index (χ1) is 12.3. The van der Waals surface area contributed by atoms with Crippen molar-refractivity contribution < 1.29 is 18.0 Å². The van der Waals surface area contributed by atoms with Gasteiger partial charge < -0.3 is 15.1 Å². The van der Waals surface area contributed by atoms with Gasteiger partial charge in [0.05, 0.1) is 11.1 Å². The number of carbonyl (C=O) groups excluding carboxylic acids is 1. The highest BCUT2D eigenvalue weighted by Crippen LogP contribution is 2.30. The van der Waals surface area contributed by atoms with Gasteiger partial charge in [-0.2, -0.15) is 13.2 Å². The lowest BCUT2D eigenvalue weighted by molar-refractivity contribution is -0.137. The number of rotatable bonds is 3. The normalized spacial score (nSPS) is 15.8. The van der Waals surface area contributed by atoms with E-state index in [1.54, 1.807) is 4.90 Å². The molecule has 1 fully saturated rings. The van der Waals surface area contributed by atoms with Crippen molar-refractivity contribution in [2.24, 2.45) is 0 Å². The summed E-state index contributed by atoms with van der Waals surface area (Å²) in [7, 11) is 2.01. The van der Waals surface area contributed by atoms with Crippen LogP contribution in [0.25, 0.3) is 0 Å². The van der Waals surface area contributed by atoms with Crippen LogP contribution in [-0.2, 0) is 6.18 Å². The average Bonchev–Trinajstić information content (AvgIpc) is 2.62. The van der Waals surface area contributed by atoms with Crippen molar-refractivity contribution in [1.29, 1.82) is 0 Å². The summed E-state index contributed by atoms with van der Waals surface area (Å²) in [5.41, 5.74) is 0.0840. The molecule has 0 aliphatic carbocycles. The minimum atomic E-state index is -4.37. The number of hydrogen-bond donors (Lipinski definition) is 1. The first kappa shape index (κ1) is 18.1. The van der Waals surface area contributed by atoms with Crippen molar-refractivity contribution in [3.8, 4) is 0 Å². The number of halogens is 3. The van der Waals surface area contributed by atoms with Crippen molar-refractivity contribution >= 4 is 17.5 Å². The summed E-state index contributed by atoms with van der Waals surface area (Å²) in [6.07, 6.45) is -1.54. The minimum absolute atomic E-state index is 0.126. The van der Waals surface area contributed by atoms with Crippen LogP contribution >= 0.6 is 0 Å². The maximum absolute atomic E-state index is 12.6. The SMILES string of the molecule is CN1CCN(C(=O)c2cnc(Nc3ccc(C(F)(F)F)cc3)nc2)CC1. The summed E-state index contributed by atoms with van der Waals surface area (Å²) < 4.78 is 37.7. The molecule has 0 radical (unpaired) electrons. The number of nitrogens with zero attached hydrogens (tertiary/aromatic N) is 4. The summed E-state index contributed by atoms with van der Waals surface area (Å²) in [6, 6.07) is 4.56. The van der Waals surface area contributed by atoms with Gasteiger partial charge in [-0.1, -0.05) is 0 Å². The quantitative estimate of drug-likeness (QED) is 0.906. The molecule has 0 spiro atoms. The highest BCUT2D eigenvalue weighted by molar-refractivity contribution is 5.93. The molecule has 0 unspecified atom stereocenters. The second kappa shape index (κ2) is 7.28. The number of aromatic nitrogens is 2. The maximum atomic E-state index is 12.6. The Kier molecular flexibility index (Phi) is 5.08. The molecule has 0 bridgehead atoms. The second-order valence-electron chi connectivity index (χ2n) is 6.09. The third kappa shape index (κ3) is 4.29. The van der Waals surface area contributed by atoms with Crippen molar-refractivity contribution in [2.45, 2.75) is 6.18 Å². The molecule has 1 aromatic carbocycles. The zero-order chi connectivity index (χ0) is 18.7. The van der Waals surface area contributed by atoms with E-state index in [2.05, 4.69) is 20.2 Å². The Balaban J connectivity index is 1.63. The molecule has 138 valence electrons. The van der Waals surface area contributed by atoms with Crippen LogP contribution in [0.15, 0.2) is 36.7 Å². The van der Waals surface area contributed by atoms with Crippen molar-refractivity contribution in [1.82, 2.24) is 19.8 Å². The lowest BCUT2D eigenvalue weighted by Gasteiger charge is -2.32. The second-order valence-corrected chi connectivity index (χ2v) is 6.09. The number of likely N-dealkylation sites (N-methyl/N-ethyl adjacent to an activating group) is 1. The molecule has 1 aromatic heterocycles. The fourth-order valence-electron chi connectivity index (χ4n) is 2.57. The zero-order valence-corrected chi connectivity index (χ0v) is 14.1. The van der Waals surface area contributed by atoms with E-state index in [-0.39, 0.29) is 11.9 Å². The monoisotopic (exact) mass is 365 g/mol. The molecule has 2 heterocycles. The Morgan fingerprint density at radius 3 is 2.15 bits per heavy atom. The third-order valence-corrected chi connectivity index (χ3v) is 4.16. The van der Waals surface area contributed by atoms with E-state index in [4.69, 9.17) is 0 Å². The predicted molar refractivity (Wildman–Crippen MR) is 90.2 cm³/mol. The molecule has 0 atom stereocenters. The average molecular weight is 365 g/mol. The van der Waals surface area contributed by atoms with Crippen LogP contribution in [0, 0.1) is 0 Å². The summed E-state index contributed by atoms with van der Waals surface area (Å²) in [4.78, 5) is 24.5. The Morgan fingerprint density at radius 2 is 1.62 bits per heavy atom. The summed E-state index contributed by atoms with van der Waals surface area (Å²) in [5.74, 6) is 0.0823. The largest absolute Gasteiger partial charge is 0.416 e. The Morgan fingerprint density at radius 1 is 1.04 bits per heavy atom. The Bertz CT molecular complexity index is 753. The van der Waals surface area contributed by atoms with Crippen LogP contribution in [0.2, 0.25) is 0 Å². The molecule has 1 aliphatic heterocycles. The fraction of sp³-hybridized carbons (Fsp3) is 0.353. The molecule has 6 nitrogen and oxygen atoms in total. The zero-order valence-electron chi connectivity index (χ0n) is 14.1. The van der Waals surface area contributed by atoms with Crippen LogP contribution < -0.4 is 5.32 Å². The van der Waals surface area contributed by atoms with Gasteiger partial charge in [0.2, 0.25) is 5.95 Å². The van der Waals surface area contributed by atoms with Crippen LogP contribution in [0.5, 0.6) is 0 Å². The smallest absolute Gasteiger partial charge is 0.336 e. The number of piperazine rings is 1. The van der Waals surface area contributed by atoms with E-state index in [0.717, 1.165) is 25.2 Å². The van der Waals surface area contributed by atoms with Crippen LogP contribution in [-0.4, -0.2) is 58.9 Å². The van der Waals surface area contributed by atoms with Gasteiger partial charge in [-0.15, -0.1) is 0 Å². The van der Waals surface area contributed by atoms with Gasteiger partial charge in [0.15, 0.2) is 0 Å². The molecular formula is C17H18F3N5O. The molecule has 1 saturated heterocycles. The van der Waals surface area contributed by atoms with Crippen molar-refractivity contribution in [3.63, 3.8) is 0 Å². The molecule has 9 heteroatoms. The topological polar surface area (TPSA) is 61.4 Å². The van der Waals surface area contributed by atoms with Gasteiger partial charge in [0, 0.05) is 44.3 Å². The van der Waals surface area contributed by atoms with E-state index in [1.807, 2.05) is 7.05 Å². The molecule has 1 N–H and O–H groups in total. The van der Waals surface area contributed by atoms with Gasteiger partial charge in [0.1, 0.15) is 0 Å². The molecule has 2 aromatic rings. The van der Waals surface area contributed by atoms with E-state index in [9.17, 15) is 18.0 Å². The van der Waals surface area contributed by atoms with Crippen molar-refractivity contribution in [2.75, 3.05) is 38.5 Å². The Hall–Kier alpha value is -2.68. The van der Waals surface area contributed by atoms with Gasteiger partial charge in [-0.05, 0) is 31.3 Å². The molecule has 1 aliphatic rings. The number of amides is 1. The van der Waals surface area contributed by atoms with Gasteiger partial charge in [-0.25, -0.2) is 9.97 Å². The Labute approximate surface area is 148 Å². The fourth-order valence-corrected chi connectivity index (χ4v) is 2.57. The van der Waals surface area contributed by atoms with Crippen LogP contribution in [0.1, 0.15) is 15.9 Å². The van der Waals surface area contributed by atoms with Crippen LogP contribution in [0.4, 0.5) is 24.8 Å². The standard InChI is InChI=1S/C17H18F3N5O/c1-24-6-8-25(9-7-24)15(26)12-10-21-16(22-11-12)23-14-4-2-13(3-5-14)17(18,19)20/h2-5,10-11H,6-9H2,1H3,(H,21,22,23). The highest BCUT2D eigenvalue weighted by atomic mass is 19.4. The lowest BCUT2D eigenvalue weighted by Crippen LogP contribution is -2.47. The number of alkyl halides is 3. The molecule has 26 heavy (non-hydrogen) atoms. The van der Waals surface area contributed by atoms with Crippen molar-refractivity contribution in [3.05, 3.63) is 47.8 Å². The lowest BCUT2D eigenvalue weighted by atomic mass is 10.2. The number of carbonyl (C=O) groups is 1. The molecule has 0 saturated carbocycles. The molecular weight excluding hydrogens is 347 g/mol. The van der Waals surface area contributed by atoms with Gasteiger partial charge in [-0.3, -0.25) is 4.79 Å². The van der Waals surface area contributed by atoms with E-state index >= 15 is 0 Å². The predicted octanol–water partition coefficient (Wildman–Crippen LogP) is 2.63. The number of anilines is 2. The molecule has 3 rings (SSSR count). The van der Waals surface area contributed by atoms with E-state index < -0.39 is 11.7 Å². The van der Waals surface area contributed by atoms with E-state index in [1.165, 1.54) is 24.5 Å². The number of nitrogens with one attached hydrogen (secondary N) is 1. The first-order valence-electron chi connectivity index (χ1n) is 8.07. The maximum Gasteiger partial charge on any atom is 0.416 e. The number of benzene rings is 1. The van der Waals surface area contributed by atoms with E-state index in [0.29, 0.717) is 24.3 Å². The summed E-state index contributed by atoms with van der Waals surface area (Å²) in [5, 5.41) is 2.81. The van der Waals surface area contributed by atoms with Crippen LogP contribution in [0.3, 0.4) is 0 Å². The first-order valence-corrected chi connectivity index (χ1v) is 8.07. The van der Waals surface area contributed by atoms with Gasteiger partial charge in [0.25, 0.3) is 5.91 Å².